The normalized spacial score (nSPS) is 19.6. The molecule has 2 nitrogen and oxygen atoms in total. The Morgan fingerprint density at radius 2 is 2.20 bits per heavy atom. The van der Waals surface area contributed by atoms with Gasteiger partial charge in [0.05, 0.1) is 0 Å². The van der Waals surface area contributed by atoms with E-state index in [-0.39, 0.29) is 0 Å². The first kappa shape index (κ1) is 10.7. The molecule has 1 aliphatic rings. The van der Waals surface area contributed by atoms with Crippen LogP contribution in [0.3, 0.4) is 0 Å². The van der Waals surface area contributed by atoms with E-state index in [0.717, 1.165) is 12.5 Å². The lowest BCUT2D eigenvalue weighted by Crippen LogP contribution is -2.31. The summed E-state index contributed by atoms with van der Waals surface area (Å²) in [6.07, 6.45) is 10.0. The Labute approximate surface area is 92.7 Å². The third-order valence-electron chi connectivity index (χ3n) is 3.63. The van der Waals surface area contributed by atoms with Crippen molar-refractivity contribution < 1.29 is 0 Å². The first-order valence-electron chi connectivity index (χ1n) is 6.10. The first-order chi connectivity index (χ1) is 7.25. The lowest BCUT2D eigenvalue weighted by molar-refractivity contribution is 0.380. The van der Waals surface area contributed by atoms with E-state index >= 15 is 0 Å². The number of aromatic nitrogens is 1. The molecule has 84 valence electrons. The minimum absolute atomic E-state index is 0.674. The molecule has 0 aromatic carbocycles. The van der Waals surface area contributed by atoms with Gasteiger partial charge in [-0.1, -0.05) is 12.8 Å². The van der Waals surface area contributed by atoms with Crippen molar-refractivity contribution in [1.82, 2.24) is 9.88 Å². The fourth-order valence-corrected chi connectivity index (χ4v) is 2.57. The van der Waals surface area contributed by atoms with Crippen LogP contribution >= 0.6 is 0 Å². The van der Waals surface area contributed by atoms with Gasteiger partial charge in [-0.05, 0) is 37.3 Å². The molecule has 0 bridgehead atoms. The minimum Gasteiger partial charge on any atom is -0.357 e. The fraction of sp³-hybridized carbons (Fsp3) is 0.692. The highest BCUT2D eigenvalue weighted by Gasteiger charge is 2.20. The van der Waals surface area contributed by atoms with Crippen molar-refractivity contribution in [2.75, 3.05) is 0 Å². The van der Waals surface area contributed by atoms with Crippen LogP contribution in [0.5, 0.6) is 0 Å². The monoisotopic (exact) mass is 206 g/mol. The van der Waals surface area contributed by atoms with Crippen LogP contribution in [0.25, 0.3) is 0 Å². The Balaban J connectivity index is 1.77. The molecular formula is C13H22N2. The molecule has 0 amide bonds. The second-order valence-corrected chi connectivity index (χ2v) is 4.90. The Morgan fingerprint density at radius 3 is 2.80 bits per heavy atom. The molecule has 1 aliphatic carbocycles. The van der Waals surface area contributed by atoms with Crippen LogP contribution in [0.2, 0.25) is 0 Å². The van der Waals surface area contributed by atoms with E-state index in [2.05, 4.69) is 42.3 Å². The predicted molar refractivity (Wildman–Crippen MR) is 63.7 cm³/mol. The summed E-state index contributed by atoms with van der Waals surface area (Å²) in [5.41, 5.74) is 1.39. The lowest BCUT2D eigenvalue weighted by atomic mass is 10.00. The molecule has 1 fully saturated rings. The first-order valence-corrected chi connectivity index (χ1v) is 6.10. The Kier molecular flexibility index (Phi) is 3.47. The van der Waals surface area contributed by atoms with Crippen molar-refractivity contribution in [3.05, 3.63) is 24.0 Å². The van der Waals surface area contributed by atoms with Crippen molar-refractivity contribution in [3.8, 4) is 0 Å². The van der Waals surface area contributed by atoms with Crippen molar-refractivity contribution in [3.63, 3.8) is 0 Å². The molecule has 0 unspecified atom stereocenters. The predicted octanol–water partition coefficient (Wildman–Crippen LogP) is 2.69. The van der Waals surface area contributed by atoms with Gasteiger partial charge < -0.3 is 9.88 Å². The van der Waals surface area contributed by atoms with E-state index in [1.807, 2.05) is 0 Å². The van der Waals surface area contributed by atoms with E-state index in [9.17, 15) is 0 Å². The molecule has 1 heterocycles. The highest BCUT2D eigenvalue weighted by atomic mass is 14.9. The largest absolute Gasteiger partial charge is 0.357 e. The van der Waals surface area contributed by atoms with Gasteiger partial charge in [-0.2, -0.15) is 0 Å². The molecule has 1 aromatic rings. The zero-order chi connectivity index (χ0) is 10.7. The van der Waals surface area contributed by atoms with Crippen LogP contribution < -0.4 is 5.32 Å². The van der Waals surface area contributed by atoms with Gasteiger partial charge in [0.1, 0.15) is 0 Å². The summed E-state index contributed by atoms with van der Waals surface area (Å²) in [6, 6.07) is 2.86. The summed E-state index contributed by atoms with van der Waals surface area (Å²) in [5.74, 6) is 0.911. The van der Waals surface area contributed by atoms with Crippen LogP contribution in [-0.4, -0.2) is 10.6 Å². The molecule has 0 spiro atoms. The summed E-state index contributed by atoms with van der Waals surface area (Å²) in [5, 5.41) is 3.64. The molecule has 1 saturated carbocycles. The Hall–Kier alpha value is -0.760. The van der Waals surface area contributed by atoms with Gasteiger partial charge in [0.25, 0.3) is 0 Å². The average Bonchev–Trinajstić information content (AvgIpc) is 2.84. The van der Waals surface area contributed by atoms with Gasteiger partial charge in [0.15, 0.2) is 0 Å². The molecule has 1 N–H and O–H groups in total. The van der Waals surface area contributed by atoms with Crippen LogP contribution in [0.1, 0.15) is 38.2 Å². The van der Waals surface area contributed by atoms with Crippen LogP contribution in [-0.2, 0) is 13.6 Å². The number of hydrogen-bond donors (Lipinski definition) is 1. The minimum atomic E-state index is 0.674. The second-order valence-electron chi connectivity index (χ2n) is 4.90. The maximum atomic E-state index is 3.64. The van der Waals surface area contributed by atoms with E-state index in [1.165, 1.54) is 31.2 Å². The molecule has 15 heavy (non-hydrogen) atoms. The summed E-state index contributed by atoms with van der Waals surface area (Å²) in [7, 11) is 2.07. The maximum absolute atomic E-state index is 3.64. The van der Waals surface area contributed by atoms with Gasteiger partial charge in [0.2, 0.25) is 0 Å². The Bertz CT molecular complexity index is 297. The molecule has 2 heteroatoms. The molecular weight excluding hydrogens is 184 g/mol. The standard InChI is InChI=1S/C13H22N2/c1-11(13-5-3-4-6-13)14-9-12-7-8-15(2)10-12/h7-8,10-11,13-14H,3-6,9H2,1-2H3/t11-/m1/s1. The second kappa shape index (κ2) is 4.84. The topological polar surface area (TPSA) is 17.0 Å². The lowest BCUT2D eigenvalue weighted by Gasteiger charge is -2.19. The highest BCUT2D eigenvalue weighted by Crippen LogP contribution is 2.27. The van der Waals surface area contributed by atoms with Crippen LogP contribution in [0.4, 0.5) is 0 Å². The maximum Gasteiger partial charge on any atom is 0.0223 e. The summed E-state index contributed by atoms with van der Waals surface area (Å²) in [4.78, 5) is 0. The average molecular weight is 206 g/mol. The van der Waals surface area contributed by atoms with Crippen LogP contribution in [0, 0.1) is 5.92 Å². The number of aryl methyl sites for hydroxylation is 1. The summed E-state index contributed by atoms with van der Waals surface area (Å²) >= 11 is 0. The quantitative estimate of drug-likeness (QED) is 0.801. The van der Waals surface area contributed by atoms with Gasteiger partial charge in [-0.3, -0.25) is 0 Å². The van der Waals surface area contributed by atoms with Gasteiger partial charge in [0, 0.05) is 32.0 Å². The number of hydrogen-bond acceptors (Lipinski definition) is 1. The number of rotatable bonds is 4. The van der Waals surface area contributed by atoms with Gasteiger partial charge >= 0.3 is 0 Å². The molecule has 0 saturated heterocycles. The third-order valence-corrected chi connectivity index (χ3v) is 3.63. The van der Waals surface area contributed by atoms with Crippen molar-refractivity contribution in [2.24, 2.45) is 13.0 Å². The van der Waals surface area contributed by atoms with Crippen LogP contribution in [0.15, 0.2) is 18.5 Å². The zero-order valence-corrected chi connectivity index (χ0v) is 9.87. The van der Waals surface area contributed by atoms with Gasteiger partial charge in [-0.15, -0.1) is 0 Å². The van der Waals surface area contributed by atoms with E-state index in [1.54, 1.807) is 0 Å². The van der Waals surface area contributed by atoms with Gasteiger partial charge in [-0.25, -0.2) is 0 Å². The molecule has 0 radical (unpaired) electrons. The van der Waals surface area contributed by atoms with E-state index < -0.39 is 0 Å². The summed E-state index contributed by atoms with van der Waals surface area (Å²) in [6.45, 7) is 3.34. The SMILES string of the molecule is C[C@@H](NCc1ccn(C)c1)C1CCCC1. The molecule has 1 aromatic heterocycles. The fourth-order valence-electron chi connectivity index (χ4n) is 2.57. The van der Waals surface area contributed by atoms with Crippen molar-refractivity contribution in [1.29, 1.82) is 0 Å². The van der Waals surface area contributed by atoms with E-state index in [4.69, 9.17) is 0 Å². The summed E-state index contributed by atoms with van der Waals surface area (Å²) < 4.78 is 2.11. The van der Waals surface area contributed by atoms with E-state index in [0.29, 0.717) is 6.04 Å². The molecule has 0 aliphatic heterocycles. The number of nitrogens with zero attached hydrogens (tertiary/aromatic N) is 1. The zero-order valence-electron chi connectivity index (χ0n) is 9.87. The highest BCUT2D eigenvalue weighted by molar-refractivity contribution is 5.09. The Morgan fingerprint density at radius 1 is 1.47 bits per heavy atom. The third kappa shape index (κ3) is 2.85. The molecule has 1 atom stereocenters. The smallest absolute Gasteiger partial charge is 0.0223 e. The van der Waals surface area contributed by atoms with Crippen molar-refractivity contribution in [2.45, 2.75) is 45.2 Å². The molecule has 2 rings (SSSR count). The number of nitrogens with one attached hydrogen (secondary N) is 1. The van der Waals surface area contributed by atoms with Crippen molar-refractivity contribution >= 4 is 0 Å².